The van der Waals surface area contributed by atoms with Crippen LogP contribution in [0.3, 0.4) is 0 Å². The molecule has 0 amide bonds. The molecule has 1 aliphatic heterocycles. The summed E-state index contributed by atoms with van der Waals surface area (Å²) in [5, 5.41) is 8.89. The molecule has 0 saturated carbocycles. The van der Waals surface area contributed by atoms with Gasteiger partial charge in [-0.1, -0.05) is 0 Å². The molecular formula is C8H11NO4S. The van der Waals surface area contributed by atoms with Gasteiger partial charge < -0.3 is 9.52 Å². The van der Waals surface area contributed by atoms with Crippen molar-refractivity contribution in [3.05, 3.63) is 17.9 Å². The number of nitrogens with one attached hydrogen (secondary N) is 1. The number of aromatic carboxylic acids is 1. The Labute approximate surface area is 81.7 Å². The van der Waals surface area contributed by atoms with Crippen molar-refractivity contribution in [2.75, 3.05) is 12.3 Å². The van der Waals surface area contributed by atoms with Gasteiger partial charge >= 0.3 is 5.97 Å². The number of hydrogen-bond acceptors (Lipinski definition) is 3. The summed E-state index contributed by atoms with van der Waals surface area (Å²) in [4.78, 5) is 10.5. The fourth-order valence-corrected chi connectivity index (χ4v) is 3.68. The van der Waals surface area contributed by atoms with Crippen molar-refractivity contribution < 1.29 is 18.5 Å². The standard InChI is InChI=1S/C8H11NO4S/c10-8(11)6-2-3-7(13-6)14(12)5-1-4-9-14/h2-3,14H,1,4-5H2,(H,9,12)(H,10,11). The first-order valence-electron chi connectivity index (χ1n) is 4.30. The summed E-state index contributed by atoms with van der Waals surface area (Å²) < 4.78 is 19.9. The first kappa shape index (κ1) is 9.42. The highest BCUT2D eigenvalue weighted by Crippen LogP contribution is 2.23. The first-order chi connectivity index (χ1) is 6.62. The Balaban J connectivity index is 2.33. The van der Waals surface area contributed by atoms with Gasteiger partial charge in [0, 0.05) is 12.3 Å². The maximum atomic E-state index is 12.1. The van der Waals surface area contributed by atoms with Crippen LogP contribution in [0.1, 0.15) is 17.0 Å². The van der Waals surface area contributed by atoms with Crippen molar-refractivity contribution in [3.63, 3.8) is 0 Å². The average molecular weight is 217 g/mol. The molecule has 0 spiro atoms. The van der Waals surface area contributed by atoms with Crippen molar-refractivity contribution >= 4 is 16.1 Å². The third-order valence-electron chi connectivity index (χ3n) is 2.18. The van der Waals surface area contributed by atoms with Crippen LogP contribution >= 0.6 is 0 Å². The lowest BCUT2D eigenvalue weighted by molar-refractivity contribution is 0.0656. The Hall–Kier alpha value is -1.14. The molecule has 1 aliphatic rings. The Morgan fingerprint density at radius 3 is 2.86 bits per heavy atom. The summed E-state index contributed by atoms with van der Waals surface area (Å²) in [6.07, 6.45) is 0.834. The summed E-state index contributed by atoms with van der Waals surface area (Å²) in [7, 11) is -2.62. The zero-order valence-corrected chi connectivity index (χ0v) is 8.29. The number of carbonyl (C=O) groups is 1. The minimum absolute atomic E-state index is 0.163. The van der Waals surface area contributed by atoms with Crippen molar-refractivity contribution in [1.29, 1.82) is 0 Å². The van der Waals surface area contributed by atoms with Crippen molar-refractivity contribution in [2.45, 2.75) is 11.5 Å². The van der Waals surface area contributed by atoms with Crippen molar-refractivity contribution in [3.8, 4) is 0 Å². The number of thiol groups is 1. The Morgan fingerprint density at radius 1 is 1.57 bits per heavy atom. The molecule has 0 aliphatic carbocycles. The SMILES string of the molecule is O=C(O)c1ccc([SH]2(=O)CCCN2)o1. The molecule has 0 radical (unpaired) electrons. The van der Waals surface area contributed by atoms with E-state index in [1.165, 1.54) is 12.1 Å². The predicted octanol–water partition coefficient (Wildman–Crippen LogP) is 0.262. The molecule has 0 bridgehead atoms. The largest absolute Gasteiger partial charge is 0.475 e. The third kappa shape index (κ3) is 1.46. The van der Waals surface area contributed by atoms with Crippen LogP contribution in [0.4, 0.5) is 0 Å². The molecule has 1 aromatic rings. The van der Waals surface area contributed by atoms with E-state index >= 15 is 0 Å². The second-order valence-electron chi connectivity index (χ2n) is 3.17. The van der Waals surface area contributed by atoms with Crippen LogP contribution in [0.15, 0.2) is 21.6 Å². The molecule has 2 rings (SSSR count). The Morgan fingerprint density at radius 2 is 2.36 bits per heavy atom. The predicted molar refractivity (Wildman–Crippen MR) is 51.0 cm³/mol. The zero-order chi connectivity index (χ0) is 10.2. The molecule has 1 aromatic heterocycles. The Kier molecular flexibility index (Phi) is 2.16. The first-order valence-corrected chi connectivity index (χ1v) is 6.19. The minimum Gasteiger partial charge on any atom is -0.475 e. The lowest BCUT2D eigenvalue weighted by Crippen LogP contribution is -2.25. The van der Waals surface area contributed by atoms with E-state index in [0.717, 1.165) is 6.42 Å². The molecule has 1 saturated heterocycles. The van der Waals surface area contributed by atoms with Crippen LogP contribution in [-0.4, -0.2) is 27.6 Å². The van der Waals surface area contributed by atoms with Gasteiger partial charge in [-0.05, 0) is 28.7 Å². The molecule has 6 heteroatoms. The van der Waals surface area contributed by atoms with E-state index in [2.05, 4.69) is 4.72 Å². The van der Waals surface area contributed by atoms with Crippen molar-refractivity contribution in [2.24, 2.45) is 0 Å². The molecular weight excluding hydrogens is 206 g/mol. The summed E-state index contributed by atoms with van der Waals surface area (Å²) in [6.45, 7) is 0.695. The number of hydrogen-bond donors (Lipinski definition) is 3. The minimum atomic E-state index is -2.62. The monoisotopic (exact) mass is 217 g/mol. The van der Waals surface area contributed by atoms with E-state index < -0.39 is 16.1 Å². The van der Waals surface area contributed by atoms with Gasteiger partial charge in [0.2, 0.25) is 5.76 Å². The topological polar surface area (TPSA) is 79.5 Å². The molecule has 0 unspecified atom stereocenters. The smallest absolute Gasteiger partial charge is 0.371 e. The molecule has 2 N–H and O–H groups in total. The zero-order valence-electron chi connectivity index (χ0n) is 7.40. The maximum absolute atomic E-state index is 12.1. The summed E-state index contributed by atoms with van der Waals surface area (Å²) in [5.41, 5.74) is 0. The quantitative estimate of drug-likeness (QED) is 0.621. The van der Waals surface area contributed by atoms with Gasteiger partial charge in [-0.3, -0.25) is 8.93 Å². The molecule has 0 aromatic carbocycles. The van der Waals surface area contributed by atoms with Crippen LogP contribution in [-0.2, 0) is 10.1 Å². The van der Waals surface area contributed by atoms with Gasteiger partial charge in [0.15, 0.2) is 5.09 Å². The molecule has 78 valence electrons. The van der Waals surface area contributed by atoms with Gasteiger partial charge in [-0.15, -0.1) is 0 Å². The fourth-order valence-electron chi connectivity index (χ4n) is 1.47. The average Bonchev–Trinajstić information content (AvgIpc) is 2.71. The summed E-state index contributed by atoms with van der Waals surface area (Å²) in [5.74, 6) is -0.759. The lowest BCUT2D eigenvalue weighted by atomic mass is 10.5. The molecule has 2 heterocycles. The van der Waals surface area contributed by atoms with Gasteiger partial charge in [0.25, 0.3) is 0 Å². The van der Waals surface area contributed by atoms with Crippen LogP contribution in [0.5, 0.6) is 0 Å². The fraction of sp³-hybridized carbons (Fsp3) is 0.375. The van der Waals surface area contributed by atoms with Crippen LogP contribution in [0.25, 0.3) is 0 Å². The van der Waals surface area contributed by atoms with Gasteiger partial charge in [0.1, 0.15) is 0 Å². The highest BCUT2D eigenvalue weighted by molar-refractivity contribution is 8.01. The number of carboxylic acids is 1. The number of furan rings is 1. The van der Waals surface area contributed by atoms with E-state index in [9.17, 15) is 9.00 Å². The molecule has 0 atom stereocenters. The van der Waals surface area contributed by atoms with Crippen LogP contribution < -0.4 is 4.72 Å². The maximum Gasteiger partial charge on any atom is 0.371 e. The van der Waals surface area contributed by atoms with Gasteiger partial charge in [-0.2, -0.15) is 0 Å². The number of carboxylic acid groups (broad SMARTS) is 1. The second kappa shape index (κ2) is 3.21. The lowest BCUT2D eigenvalue weighted by Gasteiger charge is -2.13. The second-order valence-corrected chi connectivity index (χ2v) is 5.85. The van der Waals surface area contributed by atoms with Crippen molar-refractivity contribution in [1.82, 2.24) is 4.72 Å². The molecule has 5 nitrogen and oxygen atoms in total. The van der Waals surface area contributed by atoms with E-state index in [1.807, 2.05) is 0 Å². The molecule has 14 heavy (non-hydrogen) atoms. The third-order valence-corrected chi connectivity index (χ3v) is 4.81. The van der Waals surface area contributed by atoms with Gasteiger partial charge in [0.05, 0.1) is 0 Å². The van der Waals surface area contributed by atoms with Crippen LogP contribution in [0, 0.1) is 0 Å². The normalized spacial score (nSPS) is 22.0. The van der Waals surface area contributed by atoms with Gasteiger partial charge in [-0.25, -0.2) is 4.79 Å². The van der Waals surface area contributed by atoms with E-state index in [1.54, 1.807) is 0 Å². The van der Waals surface area contributed by atoms with E-state index in [4.69, 9.17) is 9.52 Å². The van der Waals surface area contributed by atoms with Crippen LogP contribution in [0.2, 0.25) is 0 Å². The summed E-state index contributed by atoms with van der Waals surface area (Å²) >= 11 is 0. The number of rotatable bonds is 2. The highest BCUT2D eigenvalue weighted by atomic mass is 32.3. The molecule has 1 fully saturated rings. The van der Waals surface area contributed by atoms with E-state index in [-0.39, 0.29) is 10.9 Å². The summed E-state index contributed by atoms with van der Waals surface area (Å²) in [6, 6.07) is 2.81. The van der Waals surface area contributed by atoms with E-state index in [0.29, 0.717) is 12.3 Å². The Bertz CT molecular complexity index is 401. The highest BCUT2D eigenvalue weighted by Gasteiger charge is 2.26.